The van der Waals surface area contributed by atoms with E-state index >= 15 is 0 Å². The topological polar surface area (TPSA) is 101 Å². The van der Waals surface area contributed by atoms with Crippen LogP contribution in [0, 0.1) is 0 Å². The number of amides is 4. The maximum Gasteiger partial charge on any atom is 0.318 e. The summed E-state index contributed by atoms with van der Waals surface area (Å²) in [6, 6.07) is 15.4. The summed E-state index contributed by atoms with van der Waals surface area (Å²) in [5.74, 6) is -0.338. The van der Waals surface area contributed by atoms with E-state index < -0.39 is 6.04 Å². The first-order valence-corrected chi connectivity index (χ1v) is 15.9. The van der Waals surface area contributed by atoms with Crippen LogP contribution < -0.4 is 10.6 Å². The molecule has 3 N–H and O–H groups in total. The smallest absolute Gasteiger partial charge is 0.318 e. The number of likely N-dealkylation sites (N-methyl/N-ethyl adjacent to an activating group) is 2. The Balaban J connectivity index is 1.40. The summed E-state index contributed by atoms with van der Waals surface area (Å²) in [6.45, 7) is 8.38. The van der Waals surface area contributed by atoms with Crippen molar-refractivity contribution in [2.45, 2.75) is 69.4 Å². The molecule has 5 rings (SSSR count). The normalized spacial score (nSPS) is 18.7. The molecule has 0 bridgehead atoms. The van der Waals surface area contributed by atoms with Crippen LogP contribution in [0.15, 0.2) is 54.7 Å². The Morgan fingerprint density at radius 1 is 1.02 bits per heavy atom. The van der Waals surface area contributed by atoms with Gasteiger partial charge in [-0.1, -0.05) is 49.4 Å². The van der Waals surface area contributed by atoms with Crippen LogP contribution in [0.3, 0.4) is 0 Å². The van der Waals surface area contributed by atoms with E-state index in [0.717, 1.165) is 41.3 Å². The molecule has 1 aromatic heterocycles. The lowest BCUT2D eigenvalue weighted by Crippen LogP contribution is -2.57. The fourth-order valence-corrected chi connectivity index (χ4v) is 7.35. The number of carbonyl (C=O) groups is 3. The zero-order valence-electron chi connectivity index (χ0n) is 27.0. The van der Waals surface area contributed by atoms with Gasteiger partial charge in [-0.05, 0) is 62.9 Å². The van der Waals surface area contributed by atoms with Crippen molar-refractivity contribution in [2.24, 2.45) is 0 Å². The lowest BCUT2D eigenvalue weighted by molar-refractivity contribution is -0.136. The maximum atomic E-state index is 14.4. The quantitative estimate of drug-likeness (QED) is 0.339. The Kier molecular flexibility index (Phi) is 9.34. The number of nitrogens with one attached hydrogen (secondary N) is 3. The van der Waals surface area contributed by atoms with Crippen LogP contribution in [0.25, 0.3) is 10.9 Å². The first-order valence-electron chi connectivity index (χ1n) is 15.9. The second-order valence-electron chi connectivity index (χ2n) is 13.1. The SMILES string of the molecule is CNCCN(C(=O)NC(C(=O)N1CCC2(CC1)C[C@@H](C(=O)N(C)C)c1ccccc12)C(C)c1c[nH]c2ccccc12)C(C)C. The lowest BCUT2D eigenvalue weighted by atomic mass is 9.73. The highest BCUT2D eigenvalue weighted by Gasteiger charge is 2.49. The van der Waals surface area contributed by atoms with Gasteiger partial charge >= 0.3 is 6.03 Å². The van der Waals surface area contributed by atoms with E-state index in [1.807, 2.05) is 77.3 Å². The molecule has 2 aliphatic rings. The average Bonchev–Trinajstić information content (AvgIpc) is 3.59. The van der Waals surface area contributed by atoms with Crippen LogP contribution in [-0.4, -0.2) is 96.9 Å². The Bertz CT molecular complexity index is 1490. The number of aromatic nitrogens is 1. The largest absolute Gasteiger partial charge is 0.361 e. The molecule has 3 aromatic rings. The fraction of sp³-hybridized carbons (Fsp3) is 0.514. The van der Waals surface area contributed by atoms with Gasteiger partial charge in [0.25, 0.3) is 0 Å². The minimum atomic E-state index is -0.731. The monoisotopic (exact) mass is 600 g/mol. The number of aromatic amines is 1. The standard InChI is InChI=1S/C35H48N6O3/c1-23(2)41(20-17-36-4)34(44)38-31(24(3)28-22-37-30-14-10-8-12-26(28)30)33(43)40-18-15-35(16-19-40)21-27(32(42)39(5)6)25-11-7-9-13-29(25)35/h7-14,22-24,27,31,36-37H,15-21H2,1-6H3,(H,38,44)/t24?,27-,31?/m1/s1. The number of benzene rings is 2. The van der Waals surface area contributed by atoms with Gasteiger partial charge in [-0.3, -0.25) is 9.59 Å². The summed E-state index contributed by atoms with van der Waals surface area (Å²) >= 11 is 0. The zero-order valence-corrected chi connectivity index (χ0v) is 27.0. The second kappa shape index (κ2) is 13.0. The highest BCUT2D eigenvalue weighted by Crippen LogP contribution is 2.52. The van der Waals surface area contributed by atoms with Crippen molar-refractivity contribution in [3.05, 3.63) is 71.4 Å². The molecule has 9 nitrogen and oxygen atoms in total. The number of para-hydroxylation sites is 1. The zero-order chi connectivity index (χ0) is 31.6. The summed E-state index contributed by atoms with van der Waals surface area (Å²) < 4.78 is 0. The molecule has 2 aromatic carbocycles. The summed E-state index contributed by atoms with van der Waals surface area (Å²) in [5.41, 5.74) is 4.26. The molecule has 4 amide bonds. The van der Waals surface area contributed by atoms with Gasteiger partial charge in [-0.15, -0.1) is 0 Å². The van der Waals surface area contributed by atoms with Gasteiger partial charge in [0.1, 0.15) is 6.04 Å². The number of likely N-dealkylation sites (tertiary alicyclic amines) is 1. The van der Waals surface area contributed by atoms with Crippen molar-refractivity contribution >= 4 is 28.7 Å². The Morgan fingerprint density at radius 2 is 1.70 bits per heavy atom. The Morgan fingerprint density at radius 3 is 2.39 bits per heavy atom. The molecule has 9 heteroatoms. The number of hydrogen-bond acceptors (Lipinski definition) is 4. The van der Waals surface area contributed by atoms with Gasteiger partial charge in [-0.2, -0.15) is 0 Å². The summed E-state index contributed by atoms with van der Waals surface area (Å²) in [6.07, 6.45) is 4.31. The van der Waals surface area contributed by atoms with E-state index in [4.69, 9.17) is 0 Å². The van der Waals surface area contributed by atoms with Crippen LogP contribution in [-0.2, 0) is 15.0 Å². The first kappa shape index (κ1) is 31.6. The molecule has 1 saturated heterocycles. The second-order valence-corrected chi connectivity index (χ2v) is 13.1. The maximum absolute atomic E-state index is 14.4. The molecule has 44 heavy (non-hydrogen) atoms. The number of piperidine rings is 1. The molecule has 1 spiro atoms. The van der Waals surface area contributed by atoms with Crippen molar-refractivity contribution in [1.29, 1.82) is 0 Å². The summed E-state index contributed by atoms with van der Waals surface area (Å²) in [4.78, 5) is 50.0. The number of rotatable bonds is 9. The lowest BCUT2D eigenvalue weighted by Gasteiger charge is -2.42. The van der Waals surface area contributed by atoms with Crippen molar-refractivity contribution in [2.75, 3.05) is 47.3 Å². The third kappa shape index (κ3) is 5.94. The summed E-state index contributed by atoms with van der Waals surface area (Å²) in [5, 5.41) is 7.35. The van der Waals surface area contributed by atoms with E-state index in [9.17, 15) is 14.4 Å². The van der Waals surface area contributed by atoms with E-state index in [1.54, 1.807) is 9.80 Å². The van der Waals surface area contributed by atoms with Crippen LogP contribution >= 0.6 is 0 Å². The Hall–Kier alpha value is -3.85. The Labute approximate surface area is 261 Å². The third-order valence-corrected chi connectivity index (χ3v) is 9.92. The van der Waals surface area contributed by atoms with Gasteiger partial charge in [0, 0.05) is 74.7 Å². The van der Waals surface area contributed by atoms with E-state index in [-0.39, 0.29) is 41.1 Å². The number of H-pyrrole nitrogens is 1. The number of nitrogens with zero attached hydrogens (tertiary/aromatic N) is 3. The molecule has 2 heterocycles. The number of carbonyl (C=O) groups excluding carboxylic acids is 3. The molecule has 2 unspecified atom stereocenters. The third-order valence-electron chi connectivity index (χ3n) is 9.92. The van der Waals surface area contributed by atoms with Crippen molar-refractivity contribution in [1.82, 2.24) is 30.3 Å². The van der Waals surface area contributed by atoms with Gasteiger partial charge in [0.15, 0.2) is 0 Å². The molecule has 3 atom stereocenters. The molecule has 1 aliphatic heterocycles. The number of urea groups is 1. The van der Waals surface area contributed by atoms with Gasteiger partial charge < -0.3 is 30.3 Å². The average molecular weight is 601 g/mol. The fourth-order valence-electron chi connectivity index (χ4n) is 7.35. The van der Waals surface area contributed by atoms with E-state index in [2.05, 4.69) is 39.9 Å². The van der Waals surface area contributed by atoms with E-state index in [1.165, 1.54) is 5.56 Å². The molecular weight excluding hydrogens is 552 g/mol. The highest BCUT2D eigenvalue weighted by atomic mass is 16.2. The number of fused-ring (bicyclic) bond motifs is 3. The van der Waals surface area contributed by atoms with Gasteiger partial charge in [-0.25, -0.2) is 4.79 Å². The minimum absolute atomic E-state index is 0.0161. The molecule has 1 aliphatic carbocycles. The summed E-state index contributed by atoms with van der Waals surface area (Å²) in [7, 11) is 5.51. The highest BCUT2D eigenvalue weighted by molar-refractivity contribution is 5.91. The molecule has 1 fully saturated rings. The minimum Gasteiger partial charge on any atom is -0.361 e. The van der Waals surface area contributed by atoms with Crippen LogP contribution in [0.4, 0.5) is 4.79 Å². The number of hydrogen-bond donors (Lipinski definition) is 3. The van der Waals surface area contributed by atoms with E-state index in [0.29, 0.717) is 26.2 Å². The van der Waals surface area contributed by atoms with Crippen molar-refractivity contribution in [3.63, 3.8) is 0 Å². The van der Waals surface area contributed by atoms with Crippen molar-refractivity contribution in [3.8, 4) is 0 Å². The van der Waals surface area contributed by atoms with Crippen LogP contribution in [0.1, 0.15) is 68.6 Å². The van der Waals surface area contributed by atoms with Crippen LogP contribution in [0.2, 0.25) is 0 Å². The van der Waals surface area contributed by atoms with Gasteiger partial charge in [0.2, 0.25) is 11.8 Å². The molecule has 0 radical (unpaired) electrons. The van der Waals surface area contributed by atoms with Crippen LogP contribution in [0.5, 0.6) is 0 Å². The first-order chi connectivity index (χ1) is 21.1. The molecular formula is C35H48N6O3. The predicted octanol–water partition coefficient (Wildman–Crippen LogP) is 4.42. The van der Waals surface area contributed by atoms with Crippen molar-refractivity contribution < 1.29 is 14.4 Å². The predicted molar refractivity (Wildman–Crippen MR) is 175 cm³/mol. The molecule has 0 saturated carbocycles. The van der Waals surface area contributed by atoms with Gasteiger partial charge in [0.05, 0.1) is 5.92 Å². The molecule has 236 valence electrons.